The fourth-order valence-corrected chi connectivity index (χ4v) is 3.21. The Morgan fingerprint density at radius 1 is 0.967 bits per heavy atom. The van der Waals surface area contributed by atoms with Gasteiger partial charge in [0.1, 0.15) is 0 Å². The van der Waals surface area contributed by atoms with Crippen molar-refractivity contribution in [3.63, 3.8) is 0 Å². The van der Waals surface area contributed by atoms with Gasteiger partial charge in [-0.3, -0.25) is 0 Å². The molecule has 6 heteroatoms. The number of benzene rings is 2. The number of nitrogens with two attached hydrogens (primary N) is 1. The van der Waals surface area contributed by atoms with Crippen LogP contribution >= 0.6 is 0 Å². The normalized spacial score (nSPS) is 11.2. The molecule has 0 aliphatic carbocycles. The van der Waals surface area contributed by atoms with Crippen molar-refractivity contribution in [2.24, 2.45) is 0 Å². The van der Waals surface area contributed by atoms with Crippen molar-refractivity contribution in [2.45, 2.75) is 51.9 Å². The third kappa shape index (κ3) is 7.78. The van der Waals surface area contributed by atoms with E-state index in [0.717, 1.165) is 24.1 Å². The van der Waals surface area contributed by atoms with Crippen molar-refractivity contribution >= 4 is 23.3 Å². The van der Waals surface area contributed by atoms with Gasteiger partial charge in [0, 0.05) is 25.5 Å². The quantitative estimate of drug-likeness (QED) is 0.370. The monoisotopic (exact) mass is 414 g/mol. The van der Waals surface area contributed by atoms with Crippen molar-refractivity contribution in [1.29, 1.82) is 0 Å². The van der Waals surface area contributed by atoms with Gasteiger partial charge in [-0.2, -0.15) is 0 Å². The molecule has 0 saturated carbocycles. The molecule has 0 aliphatic rings. The third-order valence-corrected chi connectivity index (χ3v) is 5.03. The first-order valence-corrected chi connectivity index (χ1v) is 10.3. The summed E-state index contributed by atoms with van der Waals surface area (Å²) in [5.74, 6) is -1.41. The molecule has 0 spiro atoms. The van der Waals surface area contributed by atoms with E-state index in [-0.39, 0.29) is 5.56 Å². The Labute approximate surface area is 179 Å². The zero-order chi connectivity index (χ0) is 22.7. The summed E-state index contributed by atoms with van der Waals surface area (Å²) in [5, 5.41) is 17.8. The average molecular weight is 415 g/mol. The number of nitrogen functional groups attached to an aromatic ring is 1. The van der Waals surface area contributed by atoms with Crippen LogP contribution < -0.4 is 10.6 Å². The first-order chi connectivity index (χ1) is 14.2. The van der Waals surface area contributed by atoms with Gasteiger partial charge in [0.05, 0.1) is 11.1 Å². The van der Waals surface area contributed by atoms with E-state index in [1.165, 1.54) is 31.4 Å². The standard InChI is InChI=1S/C17H27NO2.C7H7NO2/c1-5-7-8-9-13(6-2)16-12-14(18(3)4)10-11-15(16)17(19)20;8-6-3-1-5(2-4-6)7(9)10/h10-13H,5-9H2,1-4H3,(H,19,20);1-4H,8H2,(H,9,10). The highest BCUT2D eigenvalue weighted by atomic mass is 16.4. The molecular weight excluding hydrogens is 380 g/mol. The molecule has 0 aliphatic heterocycles. The summed E-state index contributed by atoms with van der Waals surface area (Å²) in [6.07, 6.45) is 5.63. The zero-order valence-corrected chi connectivity index (χ0v) is 18.4. The Hall–Kier alpha value is -3.02. The zero-order valence-electron chi connectivity index (χ0n) is 18.4. The second-order valence-electron chi connectivity index (χ2n) is 7.50. The van der Waals surface area contributed by atoms with Gasteiger partial charge < -0.3 is 20.8 Å². The first kappa shape index (κ1) is 25.0. The molecule has 0 heterocycles. The molecule has 4 N–H and O–H groups in total. The van der Waals surface area contributed by atoms with E-state index in [9.17, 15) is 14.7 Å². The lowest BCUT2D eigenvalue weighted by Gasteiger charge is -2.21. The highest BCUT2D eigenvalue weighted by Gasteiger charge is 2.18. The van der Waals surface area contributed by atoms with E-state index in [0.29, 0.717) is 17.2 Å². The largest absolute Gasteiger partial charge is 0.478 e. The molecule has 1 unspecified atom stereocenters. The van der Waals surface area contributed by atoms with Gasteiger partial charge in [-0.1, -0.05) is 33.1 Å². The maximum Gasteiger partial charge on any atom is 0.335 e. The van der Waals surface area contributed by atoms with Gasteiger partial charge in [-0.05, 0) is 66.8 Å². The number of carboxylic acid groups (broad SMARTS) is 2. The van der Waals surface area contributed by atoms with Crippen molar-refractivity contribution in [3.05, 3.63) is 59.2 Å². The summed E-state index contributed by atoms with van der Waals surface area (Å²) in [6, 6.07) is 11.7. The Bertz CT molecular complexity index is 816. The molecule has 30 heavy (non-hydrogen) atoms. The summed E-state index contributed by atoms with van der Waals surface area (Å²) < 4.78 is 0. The molecule has 2 rings (SSSR count). The maximum absolute atomic E-state index is 11.4. The first-order valence-electron chi connectivity index (χ1n) is 10.3. The molecule has 0 aromatic heterocycles. The molecule has 0 fully saturated rings. The van der Waals surface area contributed by atoms with Gasteiger partial charge in [0.2, 0.25) is 0 Å². The van der Waals surface area contributed by atoms with Crippen LogP contribution in [-0.4, -0.2) is 36.2 Å². The van der Waals surface area contributed by atoms with Crippen LogP contribution in [0, 0.1) is 0 Å². The summed E-state index contributed by atoms with van der Waals surface area (Å²) in [6.45, 7) is 4.33. The second kappa shape index (κ2) is 12.5. The van der Waals surface area contributed by atoms with Crippen molar-refractivity contribution in [2.75, 3.05) is 24.7 Å². The van der Waals surface area contributed by atoms with E-state index in [1.807, 2.05) is 31.1 Å². The van der Waals surface area contributed by atoms with Crippen LogP contribution in [0.5, 0.6) is 0 Å². The lowest BCUT2D eigenvalue weighted by molar-refractivity contribution is 0.0685. The Morgan fingerprint density at radius 2 is 1.60 bits per heavy atom. The van der Waals surface area contributed by atoms with Gasteiger partial charge >= 0.3 is 11.9 Å². The van der Waals surface area contributed by atoms with Crippen LogP contribution in [0.25, 0.3) is 0 Å². The van der Waals surface area contributed by atoms with Crippen LogP contribution in [0.2, 0.25) is 0 Å². The van der Waals surface area contributed by atoms with Crippen LogP contribution in [0.15, 0.2) is 42.5 Å². The third-order valence-electron chi connectivity index (χ3n) is 5.03. The molecule has 0 radical (unpaired) electrons. The highest BCUT2D eigenvalue weighted by molar-refractivity contribution is 5.90. The molecule has 0 saturated heterocycles. The van der Waals surface area contributed by atoms with E-state index in [2.05, 4.69) is 13.8 Å². The lowest BCUT2D eigenvalue weighted by atomic mass is 9.87. The van der Waals surface area contributed by atoms with Crippen LogP contribution in [0.3, 0.4) is 0 Å². The van der Waals surface area contributed by atoms with Gasteiger partial charge in [-0.15, -0.1) is 0 Å². The molecule has 0 bridgehead atoms. The van der Waals surface area contributed by atoms with Crippen LogP contribution in [0.4, 0.5) is 11.4 Å². The van der Waals surface area contributed by atoms with E-state index in [1.54, 1.807) is 18.2 Å². The molecule has 6 nitrogen and oxygen atoms in total. The minimum absolute atomic E-state index is 0.259. The second-order valence-corrected chi connectivity index (χ2v) is 7.50. The van der Waals surface area contributed by atoms with E-state index >= 15 is 0 Å². The molecule has 0 amide bonds. The number of aromatic carboxylic acids is 2. The fraction of sp³-hybridized carbons (Fsp3) is 0.417. The number of carbonyl (C=O) groups is 2. The topological polar surface area (TPSA) is 104 Å². The minimum atomic E-state index is -0.931. The fourth-order valence-electron chi connectivity index (χ4n) is 3.21. The molecule has 1 atom stereocenters. The number of anilines is 2. The summed E-state index contributed by atoms with van der Waals surface area (Å²) in [7, 11) is 3.97. The molecule has 2 aromatic carbocycles. The molecular formula is C24H34N2O4. The van der Waals surface area contributed by atoms with Gasteiger partial charge in [-0.25, -0.2) is 9.59 Å². The number of unbranched alkanes of at least 4 members (excludes halogenated alkanes) is 2. The summed E-state index contributed by atoms with van der Waals surface area (Å²) in [5.41, 5.74) is 8.68. The van der Waals surface area contributed by atoms with E-state index in [4.69, 9.17) is 10.8 Å². The van der Waals surface area contributed by atoms with Crippen LogP contribution in [0.1, 0.15) is 78.1 Å². The minimum Gasteiger partial charge on any atom is -0.478 e. The maximum atomic E-state index is 11.4. The van der Waals surface area contributed by atoms with Crippen molar-refractivity contribution in [3.8, 4) is 0 Å². The smallest absolute Gasteiger partial charge is 0.335 e. The lowest BCUT2D eigenvalue weighted by Crippen LogP contribution is -2.12. The summed E-state index contributed by atoms with van der Waals surface area (Å²) >= 11 is 0. The number of nitrogens with zero attached hydrogens (tertiary/aromatic N) is 1. The van der Waals surface area contributed by atoms with E-state index < -0.39 is 11.9 Å². The number of carboxylic acids is 2. The van der Waals surface area contributed by atoms with Crippen molar-refractivity contribution in [1.82, 2.24) is 0 Å². The number of rotatable bonds is 9. The highest BCUT2D eigenvalue weighted by Crippen LogP contribution is 2.31. The van der Waals surface area contributed by atoms with Crippen LogP contribution in [-0.2, 0) is 0 Å². The van der Waals surface area contributed by atoms with Crippen molar-refractivity contribution < 1.29 is 19.8 Å². The summed E-state index contributed by atoms with van der Waals surface area (Å²) in [4.78, 5) is 23.7. The molecule has 2 aromatic rings. The SMILES string of the molecule is CCCCCC(CC)c1cc(N(C)C)ccc1C(=O)O.Nc1ccc(C(=O)O)cc1. The van der Waals surface area contributed by atoms with Gasteiger partial charge in [0.15, 0.2) is 0 Å². The predicted octanol–water partition coefficient (Wildman–Crippen LogP) is 5.49. The van der Waals surface area contributed by atoms with Gasteiger partial charge in [0.25, 0.3) is 0 Å². The molecule has 164 valence electrons. The Kier molecular flexibility index (Phi) is 10.4. The predicted molar refractivity (Wildman–Crippen MR) is 123 cm³/mol. The Balaban J connectivity index is 0.000000375. The average Bonchev–Trinajstić information content (AvgIpc) is 2.71. The number of hydrogen-bond donors (Lipinski definition) is 3. The Morgan fingerprint density at radius 3 is 2.07 bits per heavy atom. The number of hydrogen-bond acceptors (Lipinski definition) is 4.